The predicted molar refractivity (Wildman–Crippen MR) is 120 cm³/mol. The van der Waals surface area contributed by atoms with Crippen LogP contribution in [-0.2, 0) is 11.2 Å². The Balaban J connectivity index is 2.48. The van der Waals surface area contributed by atoms with Gasteiger partial charge in [0, 0.05) is 6.42 Å². The maximum Gasteiger partial charge on any atom is 0.303 e. The van der Waals surface area contributed by atoms with Crippen molar-refractivity contribution < 1.29 is 19.4 Å². The minimum absolute atomic E-state index is 0.134. The van der Waals surface area contributed by atoms with Crippen molar-refractivity contribution in [2.75, 3.05) is 13.2 Å². The molecular formula is C25H42O4. The average Bonchev–Trinajstić information content (AvgIpc) is 2.72. The molecule has 0 heterocycles. The normalized spacial score (nSPS) is 10.8. The average molecular weight is 407 g/mol. The van der Waals surface area contributed by atoms with Crippen LogP contribution in [0.15, 0.2) is 18.2 Å². The van der Waals surface area contributed by atoms with Crippen LogP contribution in [0.3, 0.4) is 0 Å². The van der Waals surface area contributed by atoms with Crippen molar-refractivity contribution in [2.45, 2.75) is 104 Å². The summed E-state index contributed by atoms with van der Waals surface area (Å²) in [7, 11) is 0. The fraction of sp³-hybridized carbons (Fsp3) is 0.720. The highest BCUT2D eigenvalue weighted by Gasteiger charge is 2.09. The van der Waals surface area contributed by atoms with Gasteiger partial charge in [0.1, 0.15) is 0 Å². The first-order chi connectivity index (χ1) is 14.2. The topological polar surface area (TPSA) is 55.8 Å². The van der Waals surface area contributed by atoms with E-state index in [1.165, 1.54) is 64.2 Å². The summed E-state index contributed by atoms with van der Waals surface area (Å²) in [6.45, 7) is 5.85. The van der Waals surface area contributed by atoms with Gasteiger partial charge < -0.3 is 14.6 Å². The first-order valence-corrected chi connectivity index (χ1v) is 11.8. The fourth-order valence-corrected chi connectivity index (χ4v) is 3.32. The molecule has 166 valence electrons. The van der Waals surface area contributed by atoms with Crippen LogP contribution in [0.5, 0.6) is 11.5 Å². The molecule has 29 heavy (non-hydrogen) atoms. The van der Waals surface area contributed by atoms with Crippen molar-refractivity contribution in [1.82, 2.24) is 0 Å². The molecule has 1 aromatic rings. The molecule has 0 saturated carbocycles. The Morgan fingerprint density at radius 3 is 1.83 bits per heavy atom. The zero-order valence-corrected chi connectivity index (χ0v) is 18.7. The number of ether oxygens (including phenoxy) is 2. The maximum atomic E-state index is 10.9. The number of aliphatic carboxylic acids is 1. The van der Waals surface area contributed by atoms with Crippen molar-refractivity contribution >= 4 is 5.97 Å². The largest absolute Gasteiger partial charge is 0.490 e. The molecule has 0 bridgehead atoms. The summed E-state index contributed by atoms with van der Waals surface area (Å²) in [6, 6.07) is 5.85. The van der Waals surface area contributed by atoms with Gasteiger partial charge in [0.05, 0.1) is 13.2 Å². The van der Waals surface area contributed by atoms with E-state index in [1.807, 2.05) is 18.2 Å². The van der Waals surface area contributed by atoms with Crippen LogP contribution in [0.1, 0.15) is 103 Å². The molecule has 0 amide bonds. The first-order valence-electron chi connectivity index (χ1n) is 11.8. The number of hydrogen-bond acceptors (Lipinski definition) is 3. The molecule has 0 unspecified atom stereocenters. The monoisotopic (exact) mass is 406 g/mol. The summed E-state index contributed by atoms with van der Waals surface area (Å²) in [5.41, 5.74) is 0.984. The van der Waals surface area contributed by atoms with Gasteiger partial charge in [-0.05, 0) is 37.0 Å². The van der Waals surface area contributed by atoms with Gasteiger partial charge in [0.15, 0.2) is 11.5 Å². The molecule has 1 aromatic carbocycles. The van der Waals surface area contributed by atoms with Crippen LogP contribution in [-0.4, -0.2) is 24.3 Å². The Bertz CT molecular complexity index is 542. The third kappa shape index (κ3) is 13.2. The molecule has 0 radical (unpaired) electrons. The molecule has 1 N–H and O–H groups in total. The van der Waals surface area contributed by atoms with E-state index in [4.69, 9.17) is 14.6 Å². The van der Waals surface area contributed by atoms with Crippen LogP contribution in [0, 0.1) is 0 Å². The van der Waals surface area contributed by atoms with E-state index in [1.54, 1.807) is 0 Å². The third-order valence-corrected chi connectivity index (χ3v) is 5.15. The lowest BCUT2D eigenvalue weighted by Crippen LogP contribution is -2.04. The Hall–Kier alpha value is -1.71. The highest BCUT2D eigenvalue weighted by Crippen LogP contribution is 2.29. The van der Waals surface area contributed by atoms with Gasteiger partial charge in [0.2, 0.25) is 0 Å². The number of carbonyl (C=O) groups is 1. The smallest absolute Gasteiger partial charge is 0.303 e. The van der Waals surface area contributed by atoms with Crippen molar-refractivity contribution in [3.63, 3.8) is 0 Å². The van der Waals surface area contributed by atoms with Gasteiger partial charge in [-0.15, -0.1) is 0 Å². The molecule has 1 rings (SSSR count). The molecule has 0 aromatic heterocycles. The summed E-state index contributed by atoms with van der Waals surface area (Å²) in [5.74, 6) is 0.763. The molecular weight excluding hydrogens is 364 g/mol. The summed E-state index contributed by atoms with van der Waals surface area (Å²) < 4.78 is 12.0. The number of aryl methyl sites for hydroxylation is 1. The van der Waals surface area contributed by atoms with E-state index < -0.39 is 5.97 Å². The second-order valence-corrected chi connectivity index (χ2v) is 7.91. The minimum Gasteiger partial charge on any atom is -0.490 e. The number of hydrogen-bond donors (Lipinski definition) is 1. The van der Waals surface area contributed by atoms with Crippen molar-refractivity contribution in [2.24, 2.45) is 0 Å². The van der Waals surface area contributed by atoms with Crippen molar-refractivity contribution in [3.05, 3.63) is 23.8 Å². The Morgan fingerprint density at radius 2 is 1.28 bits per heavy atom. The van der Waals surface area contributed by atoms with Crippen molar-refractivity contribution in [1.29, 1.82) is 0 Å². The summed E-state index contributed by atoms with van der Waals surface area (Å²) in [6.07, 6.45) is 15.4. The zero-order valence-electron chi connectivity index (χ0n) is 18.7. The summed E-state index contributed by atoms with van der Waals surface area (Å²) in [4.78, 5) is 10.9. The van der Waals surface area contributed by atoms with Crippen LogP contribution in [0.4, 0.5) is 0 Å². The van der Waals surface area contributed by atoms with Gasteiger partial charge in [-0.25, -0.2) is 0 Å². The van der Waals surface area contributed by atoms with Gasteiger partial charge in [-0.1, -0.05) is 84.1 Å². The molecule has 0 spiro atoms. The highest BCUT2D eigenvalue weighted by molar-refractivity contribution is 5.67. The molecule has 0 atom stereocenters. The second-order valence-electron chi connectivity index (χ2n) is 7.91. The maximum absolute atomic E-state index is 10.9. The van der Waals surface area contributed by atoms with Gasteiger partial charge >= 0.3 is 5.97 Å². The van der Waals surface area contributed by atoms with E-state index in [9.17, 15) is 4.79 Å². The van der Waals surface area contributed by atoms with Crippen LogP contribution >= 0.6 is 0 Å². The molecule has 0 saturated heterocycles. The SMILES string of the molecule is CCCCCCCCOc1ccc(CCC(=O)O)cc1OCCCCCCCC. The number of carboxylic acid groups (broad SMARTS) is 1. The van der Waals surface area contributed by atoms with Crippen LogP contribution < -0.4 is 9.47 Å². The van der Waals surface area contributed by atoms with Gasteiger partial charge in [-0.3, -0.25) is 4.79 Å². The quantitative estimate of drug-likeness (QED) is 0.247. The van der Waals surface area contributed by atoms with Crippen molar-refractivity contribution in [3.8, 4) is 11.5 Å². The minimum atomic E-state index is -0.775. The Kier molecular flexibility index (Phi) is 15.0. The number of carboxylic acids is 1. The molecule has 0 aliphatic heterocycles. The van der Waals surface area contributed by atoms with Crippen LogP contribution in [0.2, 0.25) is 0 Å². The van der Waals surface area contributed by atoms with E-state index in [0.29, 0.717) is 19.6 Å². The molecule has 0 aliphatic carbocycles. The third-order valence-electron chi connectivity index (χ3n) is 5.15. The lowest BCUT2D eigenvalue weighted by Gasteiger charge is -2.14. The first kappa shape index (κ1) is 25.3. The molecule has 0 fully saturated rings. The lowest BCUT2D eigenvalue weighted by molar-refractivity contribution is -0.136. The predicted octanol–water partition coefficient (Wildman–Crippen LogP) is 7.18. The lowest BCUT2D eigenvalue weighted by atomic mass is 10.1. The van der Waals surface area contributed by atoms with Crippen LogP contribution in [0.25, 0.3) is 0 Å². The highest BCUT2D eigenvalue weighted by atomic mass is 16.5. The molecule has 0 aliphatic rings. The van der Waals surface area contributed by atoms with E-state index in [0.717, 1.165) is 29.9 Å². The Labute approximate surface area is 178 Å². The number of unbranched alkanes of at least 4 members (excludes halogenated alkanes) is 10. The van der Waals surface area contributed by atoms with Gasteiger partial charge in [0.25, 0.3) is 0 Å². The molecule has 4 heteroatoms. The fourth-order valence-electron chi connectivity index (χ4n) is 3.32. The number of benzene rings is 1. The van der Waals surface area contributed by atoms with E-state index >= 15 is 0 Å². The molecule has 4 nitrogen and oxygen atoms in total. The summed E-state index contributed by atoms with van der Waals surface area (Å²) in [5, 5.41) is 8.93. The second kappa shape index (κ2) is 17.2. The van der Waals surface area contributed by atoms with Gasteiger partial charge in [-0.2, -0.15) is 0 Å². The van der Waals surface area contributed by atoms with E-state index in [-0.39, 0.29) is 6.42 Å². The number of rotatable bonds is 19. The standard InChI is InChI=1S/C25H42O4/c1-3-5-7-9-11-13-19-28-23-17-15-22(16-18-25(26)27)21-24(23)29-20-14-12-10-8-6-4-2/h15,17,21H,3-14,16,18-20H2,1-2H3,(H,26,27). The van der Waals surface area contributed by atoms with E-state index in [2.05, 4.69) is 13.8 Å². The Morgan fingerprint density at radius 1 is 0.759 bits per heavy atom. The zero-order chi connectivity index (χ0) is 21.2. The summed E-state index contributed by atoms with van der Waals surface area (Å²) >= 11 is 0.